The fourth-order valence-corrected chi connectivity index (χ4v) is 1.28. The quantitative estimate of drug-likeness (QED) is 0.467. The van der Waals surface area contributed by atoms with Gasteiger partial charge in [0.2, 0.25) is 10.3 Å². The third kappa shape index (κ3) is 2.23. The van der Waals surface area contributed by atoms with Crippen LogP contribution in [0.1, 0.15) is 6.42 Å². The summed E-state index contributed by atoms with van der Waals surface area (Å²) in [6.07, 6.45) is 5.16. The molecule has 0 unspecified atom stereocenters. The van der Waals surface area contributed by atoms with Crippen LogP contribution >= 0.6 is 12.2 Å². The Morgan fingerprint density at radius 2 is 2.25 bits per heavy atom. The molecule has 0 radical (unpaired) electrons. The van der Waals surface area contributed by atoms with Crippen molar-refractivity contribution in [1.82, 2.24) is 0 Å². The van der Waals surface area contributed by atoms with Gasteiger partial charge in [-0.1, -0.05) is 6.08 Å². The predicted octanol–water partition coefficient (Wildman–Crippen LogP) is 0.985. The second-order valence-electron chi connectivity index (χ2n) is 2.07. The zero-order valence-corrected chi connectivity index (χ0v) is 7.65. The topological polar surface area (TPSA) is 46.5 Å². The van der Waals surface area contributed by atoms with Crippen molar-refractivity contribution >= 4 is 32.5 Å². The monoisotopic (exact) mass is 199 g/mol. The molecule has 0 aliphatic heterocycles. The molecule has 1 aliphatic carbocycles. The van der Waals surface area contributed by atoms with Gasteiger partial charge in [0, 0.05) is 6.42 Å². The first-order valence-corrected chi connectivity index (χ1v) is 4.63. The standard InChI is InChI=1S/C7H5NO2S2/c9-12(10)7-3-1-6(2-4-7)8-5-11/h1-3H,4H2. The highest BCUT2D eigenvalue weighted by Crippen LogP contribution is 2.07. The van der Waals surface area contributed by atoms with Crippen LogP contribution in [0.5, 0.6) is 0 Å². The lowest BCUT2D eigenvalue weighted by Gasteiger charge is -1.98. The maximum atomic E-state index is 10.4. The van der Waals surface area contributed by atoms with Gasteiger partial charge < -0.3 is 0 Å². The van der Waals surface area contributed by atoms with Crippen molar-refractivity contribution in [3.05, 3.63) is 23.9 Å². The van der Waals surface area contributed by atoms with Gasteiger partial charge in [0.25, 0.3) is 0 Å². The molecule has 12 heavy (non-hydrogen) atoms. The van der Waals surface area contributed by atoms with E-state index in [2.05, 4.69) is 22.4 Å². The van der Waals surface area contributed by atoms with Crippen LogP contribution in [0.15, 0.2) is 28.9 Å². The Kier molecular flexibility index (Phi) is 3.10. The number of rotatable bonds is 1. The Morgan fingerprint density at radius 1 is 1.50 bits per heavy atom. The van der Waals surface area contributed by atoms with Gasteiger partial charge in [0.15, 0.2) is 0 Å². The number of hydrogen-bond donors (Lipinski definition) is 0. The van der Waals surface area contributed by atoms with Gasteiger partial charge in [0.05, 0.1) is 15.7 Å². The minimum atomic E-state index is -2.12. The fraction of sp³-hybridized carbons (Fsp3) is 0.143. The van der Waals surface area contributed by atoms with Crippen LogP contribution in [0.3, 0.4) is 0 Å². The minimum Gasteiger partial charge on any atom is -0.195 e. The van der Waals surface area contributed by atoms with E-state index in [0.29, 0.717) is 17.0 Å². The highest BCUT2D eigenvalue weighted by Gasteiger charge is 2.01. The van der Waals surface area contributed by atoms with E-state index >= 15 is 0 Å². The van der Waals surface area contributed by atoms with Crippen LogP contribution in [0.2, 0.25) is 0 Å². The molecule has 3 nitrogen and oxygen atoms in total. The van der Waals surface area contributed by atoms with Gasteiger partial charge in [-0.05, 0) is 24.4 Å². The summed E-state index contributed by atoms with van der Waals surface area (Å²) in [5.41, 5.74) is 0.652. The normalized spacial score (nSPS) is 15.0. The van der Waals surface area contributed by atoms with E-state index < -0.39 is 10.3 Å². The molecule has 0 bridgehead atoms. The van der Waals surface area contributed by atoms with E-state index in [1.54, 1.807) is 12.2 Å². The third-order valence-electron chi connectivity index (χ3n) is 1.34. The van der Waals surface area contributed by atoms with Gasteiger partial charge in [-0.3, -0.25) is 0 Å². The zero-order chi connectivity index (χ0) is 8.97. The molecule has 0 aromatic carbocycles. The van der Waals surface area contributed by atoms with Crippen LogP contribution in [0.25, 0.3) is 0 Å². The van der Waals surface area contributed by atoms with E-state index in [1.165, 1.54) is 6.08 Å². The summed E-state index contributed by atoms with van der Waals surface area (Å²) in [6.45, 7) is 0. The summed E-state index contributed by atoms with van der Waals surface area (Å²) >= 11 is 4.39. The Bertz CT molecular complexity index is 414. The second kappa shape index (κ2) is 4.11. The molecule has 0 saturated heterocycles. The molecule has 1 rings (SSSR count). The number of aliphatic imine (C=N–C) groups is 1. The first-order chi connectivity index (χ1) is 5.74. The maximum absolute atomic E-state index is 10.4. The lowest BCUT2D eigenvalue weighted by Crippen LogP contribution is -1.97. The minimum absolute atomic E-state index is 0.360. The molecule has 0 N–H and O–H groups in total. The average molecular weight is 199 g/mol. The lowest BCUT2D eigenvalue weighted by molar-refractivity contribution is 0.627. The molecule has 0 amide bonds. The molecule has 0 aromatic heterocycles. The van der Waals surface area contributed by atoms with E-state index in [-0.39, 0.29) is 0 Å². The average Bonchev–Trinajstić information content (AvgIpc) is 2.06. The van der Waals surface area contributed by atoms with Crippen LogP contribution < -0.4 is 0 Å². The molecule has 0 atom stereocenters. The number of hydrogen-bond acceptors (Lipinski definition) is 4. The summed E-state index contributed by atoms with van der Waals surface area (Å²) in [4.78, 5) is 4.06. The molecule has 5 heteroatoms. The number of thiocarbonyl (C=S) groups is 1. The molecule has 1 aliphatic rings. The molecule has 0 spiro atoms. The molecule has 0 saturated carbocycles. The van der Waals surface area contributed by atoms with Gasteiger partial charge >= 0.3 is 0 Å². The maximum Gasteiger partial charge on any atom is 0.217 e. The first-order valence-electron chi connectivity index (χ1n) is 3.15. The summed E-state index contributed by atoms with van der Waals surface area (Å²) in [7, 11) is -2.12. The highest BCUT2D eigenvalue weighted by atomic mass is 32.2. The van der Waals surface area contributed by atoms with Crippen molar-refractivity contribution in [2.75, 3.05) is 0 Å². The van der Waals surface area contributed by atoms with Crippen molar-refractivity contribution in [2.24, 2.45) is 4.99 Å². The summed E-state index contributed by atoms with van der Waals surface area (Å²) < 4.78 is 20.9. The summed E-state index contributed by atoms with van der Waals surface area (Å²) in [5, 5.41) is 2.21. The number of isothiocyanates is 1. The first kappa shape index (κ1) is 9.06. The van der Waals surface area contributed by atoms with Crippen LogP contribution in [0.4, 0.5) is 0 Å². The largest absolute Gasteiger partial charge is 0.217 e. The van der Waals surface area contributed by atoms with Gasteiger partial charge in [-0.15, -0.1) is 0 Å². The van der Waals surface area contributed by atoms with Crippen LogP contribution in [0, 0.1) is 0 Å². The second-order valence-corrected chi connectivity index (χ2v) is 3.25. The van der Waals surface area contributed by atoms with Gasteiger partial charge in [0.1, 0.15) is 0 Å². The van der Waals surface area contributed by atoms with E-state index in [1.807, 2.05) is 0 Å². The van der Waals surface area contributed by atoms with Crippen molar-refractivity contribution in [1.29, 1.82) is 0 Å². The summed E-state index contributed by atoms with van der Waals surface area (Å²) in [6, 6.07) is 0. The molecule has 0 aromatic rings. The van der Waals surface area contributed by atoms with Crippen molar-refractivity contribution in [3.8, 4) is 0 Å². The van der Waals surface area contributed by atoms with Crippen molar-refractivity contribution in [2.45, 2.75) is 6.42 Å². The summed E-state index contributed by atoms with van der Waals surface area (Å²) in [5.74, 6) is 0. The van der Waals surface area contributed by atoms with Crippen molar-refractivity contribution < 1.29 is 8.42 Å². The SMILES string of the molecule is O=S(=O)=C1C=CC(N=C=S)=CC1. The lowest BCUT2D eigenvalue weighted by atomic mass is 10.1. The van der Waals surface area contributed by atoms with Crippen molar-refractivity contribution in [3.63, 3.8) is 0 Å². The van der Waals surface area contributed by atoms with E-state index in [4.69, 9.17) is 0 Å². The Balaban J connectivity index is 2.96. The van der Waals surface area contributed by atoms with Gasteiger partial charge in [-0.25, -0.2) is 0 Å². The zero-order valence-electron chi connectivity index (χ0n) is 6.02. The molecular weight excluding hydrogens is 194 g/mol. The van der Waals surface area contributed by atoms with Crippen LogP contribution in [-0.2, 0) is 10.3 Å². The molecule has 0 fully saturated rings. The van der Waals surface area contributed by atoms with E-state index in [9.17, 15) is 8.42 Å². The third-order valence-corrected chi connectivity index (χ3v) is 2.16. The predicted molar refractivity (Wildman–Crippen MR) is 50.8 cm³/mol. The van der Waals surface area contributed by atoms with E-state index in [0.717, 1.165) is 0 Å². The highest BCUT2D eigenvalue weighted by molar-refractivity contribution is 7.78. The fourth-order valence-electron chi connectivity index (χ4n) is 0.779. The van der Waals surface area contributed by atoms with Gasteiger partial charge in [-0.2, -0.15) is 13.4 Å². The van der Waals surface area contributed by atoms with Crippen LogP contribution in [-0.4, -0.2) is 18.4 Å². The Morgan fingerprint density at radius 3 is 2.67 bits per heavy atom. The smallest absolute Gasteiger partial charge is 0.195 e. The molecule has 0 heterocycles. The Hall–Kier alpha value is -1.03. The molecular formula is C7H5NO2S2. The number of allylic oxidation sites excluding steroid dienone is 3. The number of nitrogens with zero attached hydrogens (tertiary/aromatic N) is 1. The molecule has 62 valence electrons. The Labute approximate surface area is 76.7 Å².